The van der Waals surface area contributed by atoms with Crippen LogP contribution in [0.1, 0.15) is 11.1 Å². The van der Waals surface area contributed by atoms with Crippen molar-refractivity contribution in [2.75, 3.05) is 11.5 Å². The molecular formula is C14H10F6N2O. The zero-order valence-electron chi connectivity index (χ0n) is 11.8. The molecule has 0 aliphatic rings. The van der Waals surface area contributed by atoms with Gasteiger partial charge >= 0.3 is 0 Å². The summed E-state index contributed by atoms with van der Waals surface area (Å²) in [6, 6.07) is 0. The van der Waals surface area contributed by atoms with E-state index in [0.29, 0.717) is 0 Å². The van der Waals surface area contributed by atoms with E-state index in [4.69, 9.17) is 11.5 Å². The van der Waals surface area contributed by atoms with Crippen LogP contribution in [0.5, 0.6) is 11.5 Å². The fraction of sp³-hybridized carbons (Fsp3) is 0.143. The molecule has 23 heavy (non-hydrogen) atoms. The molecule has 0 heterocycles. The second kappa shape index (κ2) is 5.56. The van der Waals surface area contributed by atoms with Crippen molar-refractivity contribution >= 4 is 11.4 Å². The molecule has 2 rings (SSSR count). The Balaban J connectivity index is 2.71. The topological polar surface area (TPSA) is 61.3 Å². The first kappa shape index (κ1) is 16.8. The fourth-order valence-corrected chi connectivity index (χ4v) is 1.81. The van der Waals surface area contributed by atoms with E-state index in [9.17, 15) is 26.3 Å². The molecule has 0 fully saturated rings. The van der Waals surface area contributed by atoms with E-state index in [1.54, 1.807) is 0 Å². The molecule has 124 valence electrons. The van der Waals surface area contributed by atoms with Gasteiger partial charge in [-0.3, -0.25) is 0 Å². The molecule has 0 aromatic heterocycles. The maximum absolute atomic E-state index is 13.9. The lowest BCUT2D eigenvalue weighted by Crippen LogP contribution is -2.08. The van der Waals surface area contributed by atoms with Gasteiger partial charge in [-0.1, -0.05) is 0 Å². The molecule has 2 aromatic rings. The molecule has 0 bridgehead atoms. The Bertz CT molecular complexity index is 696. The molecule has 0 aliphatic heterocycles. The van der Waals surface area contributed by atoms with Crippen LogP contribution in [0.15, 0.2) is 0 Å². The first-order valence-corrected chi connectivity index (χ1v) is 6.12. The Morgan fingerprint density at radius 3 is 1.17 bits per heavy atom. The number of nitrogens with two attached hydrogens (primary N) is 2. The van der Waals surface area contributed by atoms with Gasteiger partial charge in [0.15, 0.2) is 23.3 Å². The standard InChI is InChI=1S/C14H10F6N2O/c1-3-5(15)7(17)13(9(19)11(3)21)23-14-8(18)6(16)4(2)12(22)10(14)20/h21-22H2,1-2H3. The lowest BCUT2D eigenvalue weighted by molar-refractivity contribution is 0.345. The molecule has 4 N–H and O–H groups in total. The van der Waals surface area contributed by atoms with Gasteiger partial charge in [-0.15, -0.1) is 0 Å². The summed E-state index contributed by atoms with van der Waals surface area (Å²) in [6.45, 7) is 1.98. The van der Waals surface area contributed by atoms with Crippen LogP contribution in [0.4, 0.5) is 37.7 Å². The summed E-state index contributed by atoms with van der Waals surface area (Å²) in [5.41, 5.74) is 7.69. The van der Waals surface area contributed by atoms with Gasteiger partial charge in [0.25, 0.3) is 0 Å². The monoisotopic (exact) mass is 336 g/mol. The molecular weight excluding hydrogens is 326 g/mol. The van der Waals surface area contributed by atoms with Crippen molar-refractivity contribution in [2.45, 2.75) is 13.8 Å². The number of benzene rings is 2. The summed E-state index contributed by atoms with van der Waals surface area (Å²) in [7, 11) is 0. The average molecular weight is 336 g/mol. The predicted octanol–water partition coefficient (Wildman–Crippen LogP) is 4.09. The van der Waals surface area contributed by atoms with Crippen LogP contribution in [0, 0.1) is 48.8 Å². The van der Waals surface area contributed by atoms with Crippen LogP contribution in [0.3, 0.4) is 0 Å². The number of halogens is 6. The van der Waals surface area contributed by atoms with Gasteiger partial charge in [0.2, 0.25) is 23.1 Å². The van der Waals surface area contributed by atoms with Gasteiger partial charge in [0.05, 0.1) is 11.4 Å². The SMILES string of the molecule is Cc1c(N)c(F)c(Oc2c(F)c(N)c(C)c(F)c2F)c(F)c1F. The van der Waals surface area contributed by atoms with E-state index in [2.05, 4.69) is 4.74 Å². The van der Waals surface area contributed by atoms with Crippen LogP contribution in [0.25, 0.3) is 0 Å². The maximum atomic E-state index is 13.9. The van der Waals surface area contributed by atoms with Crippen LogP contribution < -0.4 is 16.2 Å². The summed E-state index contributed by atoms with van der Waals surface area (Å²) in [4.78, 5) is 0. The lowest BCUT2D eigenvalue weighted by atomic mass is 10.1. The van der Waals surface area contributed by atoms with E-state index >= 15 is 0 Å². The Hall–Kier alpha value is -2.58. The van der Waals surface area contributed by atoms with Gasteiger partial charge in [-0.05, 0) is 13.8 Å². The third kappa shape index (κ3) is 2.41. The molecule has 0 spiro atoms. The Morgan fingerprint density at radius 1 is 0.565 bits per heavy atom. The zero-order valence-corrected chi connectivity index (χ0v) is 11.8. The number of anilines is 2. The van der Waals surface area contributed by atoms with Crippen LogP contribution in [-0.2, 0) is 0 Å². The zero-order chi connectivity index (χ0) is 17.6. The van der Waals surface area contributed by atoms with Crippen molar-refractivity contribution in [3.05, 3.63) is 46.0 Å². The summed E-state index contributed by atoms with van der Waals surface area (Å²) in [6.07, 6.45) is 0. The molecule has 2 aromatic carbocycles. The first-order chi connectivity index (χ1) is 10.6. The highest BCUT2D eigenvalue weighted by Gasteiger charge is 2.28. The highest BCUT2D eigenvalue weighted by atomic mass is 19.2. The van der Waals surface area contributed by atoms with Gasteiger partial charge in [-0.2, -0.15) is 8.78 Å². The lowest BCUT2D eigenvalue weighted by Gasteiger charge is -2.15. The van der Waals surface area contributed by atoms with Gasteiger partial charge in [0, 0.05) is 11.1 Å². The molecule has 9 heteroatoms. The highest BCUT2D eigenvalue weighted by Crippen LogP contribution is 2.39. The summed E-state index contributed by atoms with van der Waals surface area (Å²) in [5, 5.41) is 0. The largest absolute Gasteiger partial charge is 0.445 e. The first-order valence-electron chi connectivity index (χ1n) is 6.12. The average Bonchev–Trinajstić information content (AvgIpc) is 2.54. The number of hydrogen-bond acceptors (Lipinski definition) is 3. The molecule has 0 unspecified atom stereocenters. The fourth-order valence-electron chi connectivity index (χ4n) is 1.81. The Kier molecular flexibility index (Phi) is 4.06. The molecule has 3 nitrogen and oxygen atoms in total. The Morgan fingerprint density at radius 2 is 0.870 bits per heavy atom. The number of nitrogen functional groups attached to an aromatic ring is 2. The molecule has 0 aliphatic carbocycles. The smallest absolute Gasteiger partial charge is 0.204 e. The van der Waals surface area contributed by atoms with Crippen molar-refractivity contribution in [3.8, 4) is 11.5 Å². The quantitative estimate of drug-likeness (QED) is 0.493. The van der Waals surface area contributed by atoms with Crippen LogP contribution in [0.2, 0.25) is 0 Å². The molecule has 0 atom stereocenters. The van der Waals surface area contributed by atoms with E-state index in [-0.39, 0.29) is 0 Å². The molecule has 0 amide bonds. The summed E-state index contributed by atoms with van der Waals surface area (Å²) < 4.78 is 86.9. The number of rotatable bonds is 2. The van der Waals surface area contributed by atoms with Crippen molar-refractivity contribution in [3.63, 3.8) is 0 Å². The second-order valence-electron chi connectivity index (χ2n) is 4.72. The van der Waals surface area contributed by atoms with Gasteiger partial charge in [-0.25, -0.2) is 17.6 Å². The van der Waals surface area contributed by atoms with Crippen molar-refractivity contribution in [1.82, 2.24) is 0 Å². The summed E-state index contributed by atoms with van der Waals surface area (Å²) in [5.74, 6) is -13.1. The Labute approximate surface area is 126 Å². The third-order valence-electron chi connectivity index (χ3n) is 3.33. The molecule has 0 radical (unpaired) electrons. The maximum Gasteiger partial charge on any atom is 0.204 e. The normalized spacial score (nSPS) is 11.0. The van der Waals surface area contributed by atoms with Crippen molar-refractivity contribution in [1.29, 1.82) is 0 Å². The highest BCUT2D eigenvalue weighted by molar-refractivity contribution is 5.57. The van der Waals surface area contributed by atoms with Crippen LogP contribution >= 0.6 is 0 Å². The number of hydrogen-bond donors (Lipinski definition) is 2. The van der Waals surface area contributed by atoms with E-state index in [1.807, 2.05) is 0 Å². The molecule has 0 saturated heterocycles. The van der Waals surface area contributed by atoms with Gasteiger partial charge in [0.1, 0.15) is 0 Å². The van der Waals surface area contributed by atoms with Gasteiger partial charge < -0.3 is 16.2 Å². The van der Waals surface area contributed by atoms with E-state index < -0.39 is 68.9 Å². The van der Waals surface area contributed by atoms with Crippen molar-refractivity contribution < 1.29 is 31.1 Å². The predicted molar refractivity (Wildman–Crippen MR) is 71.0 cm³/mol. The molecule has 0 saturated carbocycles. The summed E-state index contributed by atoms with van der Waals surface area (Å²) >= 11 is 0. The minimum Gasteiger partial charge on any atom is -0.445 e. The minimum atomic E-state index is -1.87. The van der Waals surface area contributed by atoms with E-state index in [1.165, 1.54) is 0 Å². The van der Waals surface area contributed by atoms with E-state index in [0.717, 1.165) is 13.8 Å². The second-order valence-corrected chi connectivity index (χ2v) is 4.72. The van der Waals surface area contributed by atoms with Crippen molar-refractivity contribution in [2.24, 2.45) is 0 Å². The minimum absolute atomic E-state index is 0.553. The number of ether oxygens (including phenoxy) is 1. The third-order valence-corrected chi connectivity index (χ3v) is 3.33. The van der Waals surface area contributed by atoms with Crippen LogP contribution in [-0.4, -0.2) is 0 Å².